The molecule has 0 saturated carbocycles. The second-order valence-corrected chi connectivity index (χ2v) is 6.40. The van der Waals surface area contributed by atoms with Crippen LogP contribution >= 0.6 is 11.3 Å². The lowest BCUT2D eigenvalue weighted by atomic mass is 10.1. The number of amides is 1. The van der Waals surface area contributed by atoms with E-state index in [-0.39, 0.29) is 5.91 Å². The summed E-state index contributed by atoms with van der Waals surface area (Å²) in [5, 5.41) is 5.75. The molecular weight excluding hydrogens is 348 g/mol. The molecule has 5 nitrogen and oxygen atoms in total. The van der Waals surface area contributed by atoms with Crippen LogP contribution < -0.4 is 10.2 Å². The highest BCUT2D eigenvalue weighted by Crippen LogP contribution is 2.15. The fourth-order valence-electron chi connectivity index (χ4n) is 2.21. The van der Waals surface area contributed by atoms with E-state index in [0.717, 1.165) is 11.1 Å². The Kier molecular flexibility index (Phi) is 5.56. The highest BCUT2D eigenvalue weighted by molar-refractivity contribution is 7.12. The predicted molar refractivity (Wildman–Crippen MR) is 102 cm³/mol. The molecule has 0 aliphatic carbocycles. The minimum atomic E-state index is -0.396. The van der Waals surface area contributed by atoms with E-state index in [1.54, 1.807) is 48.5 Å². The number of nitrogens with one attached hydrogen (secondary N) is 1. The molecule has 3 aromatic rings. The molecule has 1 aromatic heterocycles. The van der Waals surface area contributed by atoms with Crippen molar-refractivity contribution in [2.75, 3.05) is 0 Å². The highest BCUT2D eigenvalue weighted by atomic mass is 32.1. The van der Waals surface area contributed by atoms with E-state index >= 15 is 0 Å². The summed E-state index contributed by atoms with van der Waals surface area (Å²) in [6.45, 7) is 1.86. The van der Waals surface area contributed by atoms with Crippen LogP contribution in [0.5, 0.6) is 5.75 Å². The van der Waals surface area contributed by atoms with Crippen molar-refractivity contribution < 1.29 is 14.3 Å². The van der Waals surface area contributed by atoms with Gasteiger partial charge >= 0.3 is 5.97 Å². The van der Waals surface area contributed by atoms with Crippen LogP contribution in [0.1, 0.15) is 31.2 Å². The first-order chi connectivity index (χ1) is 12.6. The molecule has 6 heteroatoms. The molecule has 1 amide bonds. The minimum Gasteiger partial charge on any atom is -0.423 e. The van der Waals surface area contributed by atoms with E-state index in [4.69, 9.17) is 4.74 Å². The summed E-state index contributed by atoms with van der Waals surface area (Å²) >= 11 is 1.35. The molecule has 0 saturated heterocycles. The molecular formula is C20H16N2O3S. The molecule has 130 valence electrons. The van der Waals surface area contributed by atoms with Crippen molar-refractivity contribution in [2.24, 2.45) is 5.10 Å². The van der Waals surface area contributed by atoms with Gasteiger partial charge in [0.25, 0.3) is 5.91 Å². The van der Waals surface area contributed by atoms with Gasteiger partial charge in [-0.2, -0.15) is 5.10 Å². The zero-order valence-corrected chi connectivity index (χ0v) is 14.8. The predicted octanol–water partition coefficient (Wildman–Crippen LogP) is 4.04. The number of hydrogen-bond acceptors (Lipinski definition) is 5. The van der Waals surface area contributed by atoms with E-state index in [1.807, 2.05) is 24.4 Å². The maximum Gasteiger partial charge on any atom is 0.343 e. The number of rotatable bonds is 5. The van der Waals surface area contributed by atoms with Gasteiger partial charge in [-0.05, 0) is 59.8 Å². The number of hydrazone groups is 1. The smallest absolute Gasteiger partial charge is 0.343 e. The number of carbonyl (C=O) groups excluding carboxylic acids is 2. The van der Waals surface area contributed by atoms with Gasteiger partial charge < -0.3 is 4.74 Å². The van der Waals surface area contributed by atoms with Crippen molar-refractivity contribution >= 4 is 29.4 Å². The average molecular weight is 364 g/mol. The molecule has 26 heavy (non-hydrogen) atoms. The number of hydrogen-bond donors (Lipinski definition) is 1. The van der Waals surface area contributed by atoms with Crippen LogP contribution in [0.4, 0.5) is 0 Å². The number of nitrogens with zero attached hydrogens (tertiary/aromatic N) is 1. The van der Waals surface area contributed by atoms with Crippen LogP contribution in [0.25, 0.3) is 0 Å². The van der Waals surface area contributed by atoms with E-state index in [2.05, 4.69) is 10.5 Å². The Labute approximate surface area is 154 Å². The Morgan fingerprint density at radius 1 is 1.04 bits per heavy atom. The molecule has 1 N–H and O–H groups in total. The minimum absolute atomic E-state index is 0.250. The zero-order chi connectivity index (χ0) is 18.4. The van der Waals surface area contributed by atoms with Gasteiger partial charge in [0.05, 0.1) is 16.7 Å². The Hall–Kier alpha value is -3.25. The van der Waals surface area contributed by atoms with E-state index in [9.17, 15) is 9.59 Å². The van der Waals surface area contributed by atoms with E-state index in [1.165, 1.54) is 17.6 Å². The Morgan fingerprint density at radius 2 is 1.81 bits per heavy atom. The molecule has 3 rings (SSSR count). The van der Waals surface area contributed by atoms with Crippen LogP contribution in [-0.4, -0.2) is 18.1 Å². The molecule has 0 aliphatic rings. The standard InChI is InChI=1S/C20H16N2O3S/c1-14-5-2-3-6-17(14)20(24)25-16-10-8-15(9-11-16)13-21-22-19(23)18-7-4-12-26-18/h2-13H,1H3,(H,22,23)/b21-13-. The lowest BCUT2D eigenvalue weighted by molar-refractivity contribution is 0.0733. The van der Waals surface area contributed by atoms with Gasteiger partial charge in [-0.1, -0.05) is 24.3 Å². The fourth-order valence-corrected chi connectivity index (χ4v) is 2.83. The molecule has 1 heterocycles. The zero-order valence-electron chi connectivity index (χ0n) is 14.0. The maximum absolute atomic E-state index is 12.2. The number of aryl methyl sites for hydroxylation is 1. The molecule has 2 aromatic carbocycles. The molecule has 0 atom stereocenters. The summed E-state index contributed by atoms with van der Waals surface area (Å²) in [5.41, 5.74) is 4.63. The van der Waals surface area contributed by atoms with Gasteiger partial charge in [0.2, 0.25) is 0 Å². The van der Waals surface area contributed by atoms with Gasteiger partial charge in [0.15, 0.2) is 0 Å². The van der Waals surface area contributed by atoms with E-state index in [0.29, 0.717) is 16.2 Å². The first-order valence-corrected chi connectivity index (χ1v) is 8.76. The number of esters is 1. The van der Waals surface area contributed by atoms with Crippen molar-refractivity contribution in [2.45, 2.75) is 6.92 Å². The first-order valence-electron chi connectivity index (χ1n) is 7.88. The third kappa shape index (κ3) is 4.43. The fraction of sp³-hybridized carbons (Fsp3) is 0.0500. The summed E-state index contributed by atoms with van der Waals surface area (Å²) in [6, 6.07) is 17.7. The van der Waals surface area contributed by atoms with Crippen LogP contribution in [0, 0.1) is 6.92 Å². The Bertz CT molecular complexity index is 932. The molecule has 0 spiro atoms. The summed E-state index contributed by atoms with van der Waals surface area (Å²) in [7, 11) is 0. The topological polar surface area (TPSA) is 67.8 Å². The highest BCUT2D eigenvalue weighted by Gasteiger charge is 2.10. The summed E-state index contributed by atoms with van der Waals surface area (Å²) in [4.78, 5) is 24.5. The quantitative estimate of drug-likeness (QED) is 0.322. The largest absolute Gasteiger partial charge is 0.423 e. The normalized spacial score (nSPS) is 10.7. The SMILES string of the molecule is Cc1ccccc1C(=O)Oc1ccc(/C=N\NC(=O)c2cccs2)cc1. The monoisotopic (exact) mass is 364 g/mol. The van der Waals surface area contributed by atoms with Gasteiger partial charge in [0, 0.05) is 0 Å². The van der Waals surface area contributed by atoms with Crippen LogP contribution in [0.15, 0.2) is 71.1 Å². The first kappa shape index (κ1) is 17.6. The second kappa shape index (κ2) is 8.22. The van der Waals surface area contributed by atoms with Gasteiger partial charge in [0.1, 0.15) is 5.75 Å². The Balaban J connectivity index is 1.58. The average Bonchev–Trinajstić information content (AvgIpc) is 3.18. The van der Waals surface area contributed by atoms with Crippen molar-refractivity contribution in [3.63, 3.8) is 0 Å². The summed E-state index contributed by atoms with van der Waals surface area (Å²) in [5.74, 6) is -0.203. The van der Waals surface area contributed by atoms with Crippen molar-refractivity contribution in [1.82, 2.24) is 5.43 Å². The second-order valence-electron chi connectivity index (χ2n) is 5.45. The third-order valence-corrected chi connectivity index (χ3v) is 4.45. The van der Waals surface area contributed by atoms with Crippen LogP contribution in [0.3, 0.4) is 0 Å². The molecule has 0 aliphatic heterocycles. The van der Waals surface area contributed by atoms with Gasteiger partial charge in [-0.3, -0.25) is 4.79 Å². The van der Waals surface area contributed by atoms with Crippen LogP contribution in [0.2, 0.25) is 0 Å². The Morgan fingerprint density at radius 3 is 2.50 bits per heavy atom. The molecule has 0 bridgehead atoms. The molecule has 0 unspecified atom stereocenters. The third-order valence-electron chi connectivity index (χ3n) is 3.58. The number of thiophene rings is 1. The van der Waals surface area contributed by atoms with E-state index < -0.39 is 5.97 Å². The number of carbonyl (C=O) groups is 2. The van der Waals surface area contributed by atoms with Crippen molar-refractivity contribution in [3.05, 3.63) is 87.6 Å². The summed E-state index contributed by atoms with van der Waals surface area (Å²) in [6.07, 6.45) is 1.53. The maximum atomic E-state index is 12.2. The lowest BCUT2D eigenvalue weighted by Crippen LogP contribution is -2.16. The van der Waals surface area contributed by atoms with Crippen LogP contribution in [-0.2, 0) is 0 Å². The molecule has 0 radical (unpaired) electrons. The van der Waals surface area contributed by atoms with Gasteiger partial charge in [-0.15, -0.1) is 11.3 Å². The van der Waals surface area contributed by atoms with Gasteiger partial charge in [-0.25, -0.2) is 10.2 Å². The van der Waals surface area contributed by atoms with Crippen molar-refractivity contribution in [3.8, 4) is 5.75 Å². The molecule has 0 fully saturated rings. The number of ether oxygens (including phenoxy) is 1. The number of benzene rings is 2. The van der Waals surface area contributed by atoms with Crippen molar-refractivity contribution in [1.29, 1.82) is 0 Å². The lowest BCUT2D eigenvalue weighted by Gasteiger charge is -2.06. The summed E-state index contributed by atoms with van der Waals surface area (Å²) < 4.78 is 5.38.